The van der Waals surface area contributed by atoms with Gasteiger partial charge < -0.3 is 0 Å². The van der Waals surface area contributed by atoms with Gasteiger partial charge >= 0.3 is 6.18 Å². The van der Waals surface area contributed by atoms with E-state index in [0.717, 1.165) is 12.3 Å². The number of halogens is 3. The number of nitrogens with zero attached hydrogens (tertiary/aromatic N) is 1. The molecule has 0 aliphatic rings. The second kappa shape index (κ2) is 5.85. The SMILES string of the molecule is CS(=O)(=O)CCC(NN)c1ccc(C(F)(F)F)cn1. The van der Waals surface area contributed by atoms with E-state index in [1.807, 2.05) is 0 Å². The molecule has 108 valence electrons. The minimum atomic E-state index is -4.45. The van der Waals surface area contributed by atoms with Crippen molar-refractivity contribution in [3.63, 3.8) is 0 Å². The Morgan fingerprint density at radius 2 is 2.05 bits per heavy atom. The van der Waals surface area contributed by atoms with Gasteiger partial charge in [-0.25, -0.2) is 8.42 Å². The Hall–Kier alpha value is -1.19. The first-order valence-corrected chi connectivity index (χ1v) is 7.36. The van der Waals surface area contributed by atoms with Gasteiger partial charge in [-0.05, 0) is 18.6 Å². The number of hydrogen-bond acceptors (Lipinski definition) is 5. The minimum Gasteiger partial charge on any atom is -0.271 e. The molecule has 5 nitrogen and oxygen atoms in total. The molecule has 19 heavy (non-hydrogen) atoms. The van der Waals surface area contributed by atoms with Crippen LogP contribution in [0, 0.1) is 0 Å². The summed E-state index contributed by atoms with van der Waals surface area (Å²) in [6.07, 6.45) is -2.56. The summed E-state index contributed by atoms with van der Waals surface area (Å²) in [5.74, 6) is 5.12. The van der Waals surface area contributed by atoms with E-state index >= 15 is 0 Å². The first-order valence-electron chi connectivity index (χ1n) is 5.30. The van der Waals surface area contributed by atoms with Crippen LogP contribution < -0.4 is 11.3 Å². The highest BCUT2D eigenvalue weighted by Gasteiger charge is 2.31. The third-order valence-corrected chi connectivity index (χ3v) is 3.43. The van der Waals surface area contributed by atoms with E-state index in [9.17, 15) is 21.6 Å². The van der Waals surface area contributed by atoms with Gasteiger partial charge in [0.1, 0.15) is 9.84 Å². The largest absolute Gasteiger partial charge is 0.417 e. The predicted octanol–water partition coefficient (Wildman–Crippen LogP) is 1.04. The van der Waals surface area contributed by atoms with Crippen LogP contribution >= 0.6 is 0 Å². The van der Waals surface area contributed by atoms with Crippen molar-refractivity contribution in [3.05, 3.63) is 29.6 Å². The van der Waals surface area contributed by atoms with Crippen molar-refractivity contribution in [3.8, 4) is 0 Å². The number of alkyl halides is 3. The second-order valence-corrected chi connectivity index (χ2v) is 6.37. The van der Waals surface area contributed by atoms with Crippen LogP contribution in [0.5, 0.6) is 0 Å². The van der Waals surface area contributed by atoms with Gasteiger partial charge in [0.25, 0.3) is 0 Å². The Balaban J connectivity index is 2.83. The fourth-order valence-corrected chi connectivity index (χ4v) is 2.09. The molecule has 1 heterocycles. The van der Waals surface area contributed by atoms with Crippen molar-refractivity contribution >= 4 is 9.84 Å². The number of nitrogens with two attached hydrogens (primary N) is 1. The number of pyridine rings is 1. The minimum absolute atomic E-state index is 0.133. The summed E-state index contributed by atoms with van der Waals surface area (Å²) in [6.45, 7) is 0. The van der Waals surface area contributed by atoms with E-state index in [4.69, 9.17) is 5.84 Å². The van der Waals surface area contributed by atoms with E-state index in [2.05, 4.69) is 10.4 Å². The van der Waals surface area contributed by atoms with Crippen LogP contribution in [0.2, 0.25) is 0 Å². The molecule has 9 heteroatoms. The lowest BCUT2D eigenvalue weighted by Crippen LogP contribution is -2.30. The van der Waals surface area contributed by atoms with Crippen molar-refractivity contribution in [2.45, 2.75) is 18.6 Å². The highest BCUT2D eigenvalue weighted by molar-refractivity contribution is 7.90. The molecule has 3 N–H and O–H groups in total. The van der Waals surface area contributed by atoms with E-state index in [-0.39, 0.29) is 17.9 Å². The second-order valence-electron chi connectivity index (χ2n) is 4.11. The van der Waals surface area contributed by atoms with Gasteiger partial charge in [-0.2, -0.15) is 13.2 Å². The van der Waals surface area contributed by atoms with Gasteiger partial charge in [-0.15, -0.1) is 0 Å². The smallest absolute Gasteiger partial charge is 0.271 e. The maximum Gasteiger partial charge on any atom is 0.417 e. The highest BCUT2D eigenvalue weighted by atomic mass is 32.2. The molecular weight excluding hydrogens is 283 g/mol. The molecule has 1 rings (SSSR count). The number of hydrogen-bond donors (Lipinski definition) is 2. The fraction of sp³-hybridized carbons (Fsp3) is 0.500. The van der Waals surface area contributed by atoms with Crippen molar-refractivity contribution in [2.24, 2.45) is 5.84 Å². The van der Waals surface area contributed by atoms with E-state index in [1.165, 1.54) is 6.07 Å². The number of sulfone groups is 1. The molecular formula is C10H14F3N3O2S. The van der Waals surface area contributed by atoms with Crippen LogP contribution in [0.3, 0.4) is 0 Å². The monoisotopic (exact) mass is 297 g/mol. The van der Waals surface area contributed by atoms with Crippen LogP contribution in [0.4, 0.5) is 13.2 Å². The Morgan fingerprint density at radius 3 is 2.42 bits per heavy atom. The first-order chi connectivity index (χ1) is 8.63. The van der Waals surface area contributed by atoms with Crippen molar-refractivity contribution < 1.29 is 21.6 Å². The molecule has 0 aliphatic heterocycles. The van der Waals surface area contributed by atoms with Gasteiger partial charge in [-0.1, -0.05) is 0 Å². The topological polar surface area (TPSA) is 85.1 Å². The maximum absolute atomic E-state index is 12.3. The van der Waals surface area contributed by atoms with Gasteiger partial charge in [0.2, 0.25) is 0 Å². The van der Waals surface area contributed by atoms with Crippen LogP contribution in [0.1, 0.15) is 23.7 Å². The van der Waals surface area contributed by atoms with Crippen LogP contribution in [-0.4, -0.2) is 25.4 Å². The van der Waals surface area contributed by atoms with Gasteiger partial charge in [0.15, 0.2) is 0 Å². The van der Waals surface area contributed by atoms with Crippen LogP contribution in [-0.2, 0) is 16.0 Å². The average molecular weight is 297 g/mol. The summed E-state index contributed by atoms with van der Waals surface area (Å²) >= 11 is 0. The molecule has 1 unspecified atom stereocenters. The van der Waals surface area contributed by atoms with Gasteiger partial charge in [0.05, 0.1) is 23.1 Å². The normalized spacial score (nSPS) is 14.4. The number of nitrogens with one attached hydrogen (secondary N) is 1. The summed E-state index contributed by atoms with van der Waals surface area (Å²) in [7, 11) is -3.17. The van der Waals surface area contributed by atoms with E-state index in [1.54, 1.807) is 0 Å². The lowest BCUT2D eigenvalue weighted by atomic mass is 10.1. The molecule has 0 aromatic carbocycles. The molecule has 1 aromatic rings. The summed E-state index contributed by atoms with van der Waals surface area (Å²) in [5, 5.41) is 0. The third-order valence-electron chi connectivity index (χ3n) is 2.45. The lowest BCUT2D eigenvalue weighted by Gasteiger charge is -2.15. The molecule has 0 spiro atoms. The molecule has 1 atom stereocenters. The van der Waals surface area contributed by atoms with Crippen LogP contribution in [0.25, 0.3) is 0 Å². The molecule has 0 bridgehead atoms. The van der Waals surface area contributed by atoms with Gasteiger partial charge in [0, 0.05) is 12.5 Å². The zero-order valence-electron chi connectivity index (χ0n) is 10.1. The standard InChI is InChI=1S/C10H14F3N3O2S/c1-19(17,18)5-4-9(16-14)8-3-2-7(6-15-8)10(11,12)13/h2-3,6,9,16H,4-5,14H2,1H3. The first kappa shape index (κ1) is 15.9. The van der Waals surface area contributed by atoms with Crippen molar-refractivity contribution in [1.29, 1.82) is 0 Å². The fourth-order valence-electron chi connectivity index (χ4n) is 1.43. The molecule has 0 amide bonds. The van der Waals surface area contributed by atoms with E-state index < -0.39 is 27.6 Å². The molecule has 0 radical (unpaired) electrons. The maximum atomic E-state index is 12.3. The van der Waals surface area contributed by atoms with Crippen molar-refractivity contribution in [2.75, 3.05) is 12.0 Å². The van der Waals surface area contributed by atoms with Crippen molar-refractivity contribution in [1.82, 2.24) is 10.4 Å². The molecule has 0 saturated heterocycles. The molecule has 1 aromatic heterocycles. The quantitative estimate of drug-likeness (QED) is 0.626. The van der Waals surface area contributed by atoms with E-state index in [0.29, 0.717) is 6.20 Å². The summed E-state index contributed by atoms with van der Waals surface area (Å²) in [4.78, 5) is 3.66. The van der Waals surface area contributed by atoms with Gasteiger partial charge in [-0.3, -0.25) is 16.3 Å². The lowest BCUT2D eigenvalue weighted by molar-refractivity contribution is -0.137. The Bertz CT molecular complexity index is 514. The zero-order valence-corrected chi connectivity index (χ0v) is 10.9. The predicted molar refractivity (Wildman–Crippen MR) is 63.6 cm³/mol. The summed E-state index contributed by atoms with van der Waals surface area (Å²) < 4.78 is 59.1. The molecule has 0 saturated carbocycles. The summed E-state index contributed by atoms with van der Waals surface area (Å²) in [5.41, 5.74) is 1.74. The third kappa shape index (κ3) is 5.13. The summed E-state index contributed by atoms with van der Waals surface area (Å²) in [6, 6.07) is 1.44. The molecule has 0 aliphatic carbocycles. The van der Waals surface area contributed by atoms with Crippen LogP contribution in [0.15, 0.2) is 18.3 Å². The highest BCUT2D eigenvalue weighted by Crippen LogP contribution is 2.29. The Labute approximate surface area is 108 Å². The average Bonchev–Trinajstić information content (AvgIpc) is 2.28. The molecule has 0 fully saturated rings. The number of rotatable bonds is 5. The number of aromatic nitrogens is 1. The zero-order chi connectivity index (χ0) is 14.7. The Kier molecular flexibility index (Phi) is 4.88. The Morgan fingerprint density at radius 1 is 1.42 bits per heavy atom. The number of hydrazine groups is 1.